The second kappa shape index (κ2) is 12.5. The van der Waals surface area contributed by atoms with Crippen molar-refractivity contribution in [2.24, 2.45) is 0 Å². The first-order chi connectivity index (χ1) is 21.3. The molecular weight excluding hydrogens is 618 g/mol. The van der Waals surface area contributed by atoms with E-state index in [9.17, 15) is 35.9 Å². The molecule has 5 aromatic rings. The first-order valence-electron chi connectivity index (χ1n) is 13.2. The van der Waals surface area contributed by atoms with Gasteiger partial charge in [0, 0.05) is 29.8 Å². The summed E-state index contributed by atoms with van der Waals surface area (Å²) in [4.78, 5) is 16.9. The summed E-state index contributed by atoms with van der Waals surface area (Å²) in [6.45, 7) is -2.09. The van der Waals surface area contributed by atoms with E-state index in [2.05, 4.69) is 20.7 Å². The van der Waals surface area contributed by atoms with Crippen molar-refractivity contribution in [2.75, 3.05) is 30.1 Å². The summed E-state index contributed by atoms with van der Waals surface area (Å²) >= 11 is 0. The van der Waals surface area contributed by atoms with Crippen LogP contribution >= 0.6 is 0 Å². The van der Waals surface area contributed by atoms with E-state index >= 15 is 0 Å². The quantitative estimate of drug-likeness (QED) is 0.174. The largest absolute Gasteiger partial charge is 0.482 e. The first-order valence-corrected chi connectivity index (χ1v) is 15.1. The minimum atomic E-state index is -4.65. The zero-order valence-corrected chi connectivity index (χ0v) is 24.2. The number of anilines is 3. The number of sulfone groups is 1. The third kappa shape index (κ3) is 7.74. The topological polar surface area (TPSA) is 135 Å². The molecule has 0 unspecified atom stereocenters. The molecule has 0 radical (unpaired) electrons. The Hall–Kier alpha value is -5.02. The minimum absolute atomic E-state index is 0.0220. The zero-order valence-electron chi connectivity index (χ0n) is 23.4. The number of ether oxygens (including phenoxy) is 1. The van der Waals surface area contributed by atoms with Crippen molar-refractivity contribution in [1.29, 1.82) is 0 Å². The molecule has 0 aliphatic carbocycles. The van der Waals surface area contributed by atoms with E-state index in [0.717, 1.165) is 23.4 Å². The number of hydrogen-bond acceptors (Lipinski definition) is 8. The second-order valence-electron chi connectivity index (χ2n) is 9.97. The number of hydrogen-bond donors (Lipinski definition) is 3. The Bertz CT molecular complexity index is 1950. The van der Waals surface area contributed by atoms with Gasteiger partial charge in [0.1, 0.15) is 11.6 Å². The van der Waals surface area contributed by atoms with Crippen LogP contribution in [0.3, 0.4) is 0 Å². The van der Waals surface area contributed by atoms with Crippen LogP contribution < -0.4 is 15.4 Å². The molecule has 2 aromatic heterocycles. The van der Waals surface area contributed by atoms with Crippen molar-refractivity contribution >= 4 is 38.7 Å². The molecule has 3 aromatic carbocycles. The molecule has 15 heteroatoms. The van der Waals surface area contributed by atoms with Gasteiger partial charge in [0.05, 0.1) is 23.1 Å². The number of fused-ring (bicyclic) bond motifs is 1. The molecule has 0 aliphatic heterocycles. The molecule has 3 N–H and O–H groups in total. The van der Waals surface area contributed by atoms with E-state index in [1.54, 1.807) is 42.6 Å². The number of aromatic nitrogens is 3. The third-order valence-electron chi connectivity index (χ3n) is 6.61. The molecule has 234 valence electrons. The van der Waals surface area contributed by atoms with Crippen LogP contribution in [-0.2, 0) is 14.6 Å². The maximum Gasteiger partial charge on any atom is 0.422 e. The van der Waals surface area contributed by atoms with Gasteiger partial charge in [-0.1, -0.05) is 24.3 Å². The normalized spacial score (nSPS) is 12.6. The smallest absolute Gasteiger partial charge is 0.422 e. The molecule has 0 saturated heterocycles. The summed E-state index contributed by atoms with van der Waals surface area (Å²) in [6, 6.07) is 19.1. The number of nitrogens with zero attached hydrogens (tertiary/aromatic N) is 3. The lowest BCUT2D eigenvalue weighted by Gasteiger charge is -2.15. The summed E-state index contributed by atoms with van der Waals surface area (Å²) in [6.07, 6.45) is -2.05. The first kappa shape index (κ1) is 31.4. The van der Waals surface area contributed by atoms with Gasteiger partial charge in [-0.15, -0.1) is 5.10 Å². The van der Waals surface area contributed by atoms with E-state index in [0.29, 0.717) is 16.9 Å². The van der Waals surface area contributed by atoms with Crippen LogP contribution in [0.4, 0.5) is 34.9 Å². The highest BCUT2D eigenvalue weighted by Crippen LogP contribution is 2.32. The monoisotopic (exact) mass is 643 g/mol. The van der Waals surface area contributed by atoms with Crippen LogP contribution in [0.2, 0.25) is 0 Å². The molecule has 2 heterocycles. The number of nitrogens with one attached hydrogen (secondary N) is 2. The average Bonchev–Trinajstić information content (AvgIpc) is 3.39. The Morgan fingerprint density at radius 3 is 2.33 bits per heavy atom. The number of halogens is 4. The number of carbonyl (C=O) groups excluding carboxylic acids is 1. The number of amides is 1. The fraction of sp³-hybridized carbons (Fsp3) is 0.167. The summed E-state index contributed by atoms with van der Waals surface area (Å²) < 4.78 is 81.9. The molecule has 0 fully saturated rings. The van der Waals surface area contributed by atoms with Gasteiger partial charge >= 0.3 is 6.18 Å². The number of rotatable bonds is 10. The Morgan fingerprint density at radius 1 is 1.00 bits per heavy atom. The lowest BCUT2D eigenvalue weighted by Crippen LogP contribution is -2.23. The summed E-state index contributed by atoms with van der Waals surface area (Å²) in [5, 5.41) is 19.6. The van der Waals surface area contributed by atoms with E-state index in [1.807, 2.05) is 0 Å². The lowest BCUT2D eigenvalue weighted by molar-refractivity contribution is -0.153. The Morgan fingerprint density at radius 2 is 1.69 bits per heavy atom. The Labute approximate surface area is 254 Å². The van der Waals surface area contributed by atoms with Gasteiger partial charge in [0.15, 0.2) is 22.1 Å². The van der Waals surface area contributed by atoms with Gasteiger partial charge in [-0.25, -0.2) is 17.3 Å². The molecule has 1 atom stereocenters. The van der Waals surface area contributed by atoms with Crippen molar-refractivity contribution in [1.82, 2.24) is 14.6 Å². The lowest BCUT2D eigenvalue weighted by atomic mass is 9.99. The number of carbonyl (C=O) groups is 1. The fourth-order valence-electron chi connectivity index (χ4n) is 4.35. The molecule has 0 bridgehead atoms. The van der Waals surface area contributed by atoms with Crippen LogP contribution in [0.5, 0.6) is 5.75 Å². The third-order valence-corrected chi connectivity index (χ3v) is 7.72. The zero-order chi connectivity index (χ0) is 32.4. The highest BCUT2D eigenvalue weighted by atomic mass is 32.2. The van der Waals surface area contributed by atoms with Crippen molar-refractivity contribution in [2.45, 2.75) is 17.0 Å². The van der Waals surface area contributed by atoms with E-state index in [-0.39, 0.29) is 22.3 Å². The van der Waals surface area contributed by atoms with Gasteiger partial charge < -0.3 is 20.5 Å². The standard InChI is InChI=1S/C30H25F4N5O5S/c1-45(42,43)23-11-12-25(26(14-23)44-17-30(32,33)34)36-29-37-27-13-6-20(15-39(27)38-29)18-4-9-22(10-5-18)35-28(41)24(16-40)19-2-7-21(31)8-3-19/h2-15,24,40H,16-17H2,1H3,(H,35,41)(H,36,38)/t24-/m1/s1. The highest BCUT2D eigenvalue weighted by molar-refractivity contribution is 7.90. The fourth-order valence-corrected chi connectivity index (χ4v) is 4.99. The average molecular weight is 644 g/mol. The summed E-state index contributed by atoms with van der Waals surface area (Å²) in [7, 11) is -3.71. The summed E-state index contributed by atoms with van der Waals surface area (Å²) in [5.41, 5.74) is 2.87. The Balaban J connectivity index is 1.32. The number of aliphatic hydroxyl groups is 1. The predicted octanol–water partition coefficient (Wildman–Crippen LogP) is 5.34. The van der Waals surface area contributed by atoms with Gasteiger partial charge in [-0.05, 0) is 59.7 Å². The van der Waals surface area contributed by atoms with Crippen LogP contribution in [0, 0.1) is 5.82 Å². The minimum Gasteiger partial charge on any atom is -0.482 e. The molecule has 5 rings (SSSR count). The van der Waals surface area contributed by atoms with Crippen LogP contribution in [-0.4, -0.2) is 59.7 Å². The SMILES string of the molecule is CS(=O)(=O)c1ccc(Nc2nc3ccc(-c4ccc(NC(=O)[C@H](CO)c5ccc(F)cc5)cc4)cn3n2)c(OCC(F)(F)F)c1. The van der Waals surface area contributed by atoms with Crippen molar-refractivity contribution in [3.05, 3.63) is 96.4 Å². The number of benzene rings is 3. The number of alkyl halides is 3. The van der Waals surface area contributed by atoms with Gasteiger partial charge in [0.2, 0.25) is 11.9 Å². The number of pyridine rings is 1. The van der Waals surface area contributed by atoms with Crippen LogP contribution in [0.1, 0.15) is 11.5 Å². The van der Waals surface area contributed by atoms with E-state index < -0.39 is 46.9 Å². The molecule has 0 aliphatic rings. The number of aliphatic hydroxyl groups excluding tert-OH is 1. The molecule has 10 nitrogen and oxygen atoms in total. The predicted molar refractivity (Wildman–Crippen MR) is 158 cm³/mol. The molecule has 0 saturated carbocycles. The maximum atomic E-state index is 13.2. The van der Waals surface area contributed by atoms with E-state index in [4.69, 9.17) is 4.74 Å². The maximum absolute atomic E-state index is 13.2. The van der Waals surface area contributed by atoms with Gasteiger partial charge in [-0.2, -0.15) is 18.2 Å². The molecular formula is C30H25F4N5O5S. The van der Waals surface area contributed by atoms with Crippen molar-refractivity contribution < 1.29 is 40.6 Å². The van der Waals surface area contributed by atoms with Crippen LogP contribution in [0.15, 0.2) is 90.0 Å². The summed E-state index contributed by atoms with van der Waals surface area (Å²) in [5.74, 6) is -2.11. The van der Waals surface area contributed by atoms with E-state index in [1.165, 1.54) is 40.9 Å². The van der Waals surface area contributed by atoms with Crippen LogP contribution in [0.25, 0.3) is 16.8 Å². The van der Waals surface area contributed by atoms with Crippen molar-refractivity contribution in [3.8, 4) is 16.9 Å². The van der Waals surface area contributed by atoms with Gasteiger partial charge in [0.25, 0.3) is 0 Å². The molecule has 1 amide bonds. The Kier molecular flexibility index (Phi) is 8.75. The second-order valence-corrected chi connectivity index (χ2v) is 12.0. The molecule has 45 heavy (non-hydrogen) atoms. The van der Waals surface area contributed by atoms with Crippen molar-refractivity contribution in [3.63, 3.8) is 0 Å². The molecule has 0 spiro atoms. The highest BCUT2D eigenvalue weighted by Gasteiger charge is 2.29. The van der Waals surface area contributed by atoms with Gasteiger partial charge in [-0.3, -0.25) is 4.79 Å².